The van der Waals surface area contributed by atoms with Gasteiger partial charge >= 0.3 is 0 Å². The van der Waals surface area contributed by atoms with Gasteiger partial charge in [-0.15, -0.1) is 0 Å². The van der Waals surface area contributed by atoms with Gasteiger partial charge in [0, 0.05) is 12.1 Å². The molecule has 0 aromatic rings. The second kappa shape index (κ2) is 3.13. The van der Waals surface area contributed by atoms with Crippen molar-refractivity contribution in [3.8, 4) is 0 Å². The van der Waals surface area contributed by atoms with Crippen molar-refractivity contribution in [1.82, 2.24) is 4.90 Å². The molecule has 0 aromatic carbocycles. The zero-order valence-corrected chi connectivity index (χ0v) is 8.76. The minimum Gasteiger partial charge on any atom is -0.337 e. The second-order valence-corrected chi connectivity index (χ2v) is 4.61. The van der Waals surface area contributed by atoms with Crippen LogP contribution in [0.25, 0.3) is 0 Å². The van der Waals surface area contributed by atoms with Crippen molar-refractivity contribution < 1.29 is 9.59 Å². The molecule has 0 radical (unpaired) electrons. The second-order valence-electron chi connectivity index (χ2n) is 4.61. The van der Waals surface area contributed by atoms with Gasteiger partial charge in [-0.3, -0.25) is 9.59 Å². The number of likely N-dealkylation sites (tertiary alicyclic amines) is 1. The van der Waals surface area contributed by atoms with Gasteiger partial charge in [-0.25, -0.2) is 0 Å². The van der Waals surface area contributed by atoms with E-state index >= 15 is 0 Å². The van der Waals surface area contributed by atoms with Crippen LogP contribution in [0.4, 0.5) is 0 Å². The Morgan fingerprint density at radius 1 is 1.46 bits per heavy atom. The summed E-state index contributed by atoms with van der Waals surface area (Å²) >= 11 is 0. The number of carbonyl (C=O) groups excluding carboxylic acids is 2. The molecule has 1 fully saturated rings. The monoisotopic (exact) mass is 183 g/mol. The smallest absolute Gasteiger partial charge is 0.233 e. The highest BCUT2D eigenvalue weighted by molar-refractivity contribution is 6.01. The Bertz CT molecular complexity index is 240. The van der Waals surface area contributed by atoms with Crippen LogP contribution >= 0.6 is 0 Å². The number of hydrogen-bond donors (Lipinski definition) is 0. The molecule has 1 amide bonds. The van der Waals surface area contributed by atoms with Crippen LogP contribution in [0.3, 0.4) is 0 Å². The molecule has 1 rings (SSSR count). The first-order valence-electron chi connectivity index (χ1n) is 4.66. The molecule has 1 unspecified atom stereocenters. The van der Waals surface area contributed by atoms with E-state index in [1.54, 1.807) is 4.90 Å². The summed E-state index contributed by atoms with van der Waals surface area (Å²) in [5.41, 5.74) is -0.152. The summed E-state index contributed by atoms with van der Waals surface area (Å²) in [5.74, 6) is -0.379. The first-order valence-corrected chi connectivity index (χ1v) is 4.66. The fourth-order valence-corrected chi connectivity index (χ4v) is 1.72. The van der Waals surface area contributed by atoms with E-state index in [1.165, 1.54) is 6.92 Å². The van der Waals surface area contributed by atoms with E-state index in [9.17, 15) is 9.59 Å². The molecule has 74 valence electrons. The Morgan fingerprint density at radius 2 is 2.00 bits per heavy atom. The molecule has 0 aliphatic carbocycles. The highest BCUT2D eigenvalue weighted by Crippen LogP contribution is 2.26. The Hall–Kier alpha value is -0.860. The van der Waals surface area contributed by atoms with Crippen molar-refractivity contribution in [2.24, 2.45) is 5.92 Å². The van der Waals surface area contributed by atoms with E-state index in [4.69, 9.17) is 0 Å². The van der Waals surface area contributed by atoms with Gasteiger partial charge in [0.25, 0.3) is 0 Å². The lowest BCUT2D eigenvalue weighted by molar-refractivity contribution is -0.138. The Morgan fingerprint density at radius 3 is 2.23 bits per heavy atom. The van der Waals surface area contributed by atoms with Crippen molar-refractivity contribution in [1.29, 1.82) is 0 Å². The van der Waals surface area contributed by atoms with Crippen molar-refractivity contribution in [3.05, 3.63) is 0 Å². The molecule has 0 aromatic heterocycles. The van der Waals surface area contributed by atoms with Gasteiger partial charge < -0.3 is 4.90 Å². The number of nitrogens with zero attached hydrogens (tertiary/aromatic N) is 1. The quantitative estimate of drug-likeness (QED) is 0.573. The summed E-state index contributed by atoms with van der Waals surface area (Å²) in [6, 6.07) is 0. The Kier molecular flexibility index (Phi) is 2.46. The molecule has 1 heterocycles. The Balaban J connectivity index is 2.77. The Labute approximate surface area is 79.1 Å². The topological polar surface area (TPSA) is 37.4 Å². The van der Waals surface area contributed by atoms with E-state index in [-0.39, 0.29) is 23.1 Å². The van der Waals surface area contributed by atoms with E-state index in [2.05, 4.69) is 0 Å². The lowest BCUT2D eigenvalue weighted by atomic mass is 10.0. The minimum atomic E-state index is -0.376. The predicted octanol–water partition coefficient (Wildman–Crippen LogP) is 1.22. The number of Topliss-reactive ketones (excluding diaryl/α,β-unsaturated/α-hetero) is 1. The van der Waals surface area contributed by atoms with Gasteiger partial charge in [0.1, 0.15) is 5.78 Å². The van der Waals surface area contributed by atoms with Gasteiger partial charge in [0.15, 0.2) is 0 Å². The molecule has 1 aliphatic heterocycles. The van der Waals surface area contributed by atoms with Crippen molar-refractivity contribution >= 4 is 11.7 Å². The van der Waals surface area contributed by atoms with Crippen LogP contribution in [0, 0.1) is 5.92 Å². The third-order valence-corrected chi connectivity index (χ3v) is 2.51. The molecule has 3 heteroatoms. The summed E-state index contributed by atoms with van der Waals surface area (Å²) < 4.78 is 0. The van der Waals surface area contributed by atoms with Gasteiger partial charge in [0.05, 0.1) is 5.92 Å². The molecule has 0 spiro atoms. The summed E-state index contributed by atoms with van der Waals surface area (Å²) in [5, 5.41) is 0. The van der Waals surface area contributed by atoms with Gasteiger partial charge in [0.2, 0.25) is 5.91 Å². The largest absolute Gasteiger partial charge is 0.337 e. The fraction of sp³-hybridized carbons (Fsp3) is 0.800. The van der Waals surface area contributed by atoms with Crippen LogP contribution in [0.15, 0.2) is 0 Å². The van der Waals surface area contributed by atoms with Crippen LogP contribution in [-0.2, 0) is 9.59 Å². The maximum absolute atomic E-state index is 11.7. The standard InChI is InChI=1S/C10H17NO2/c1-7(12)8-5-6-11(9(8)13)10(2,3)4/h8H,5-6H2,1-4H3. The van der Waals surface area contributed by atoms with Crippen molar-refractivity contribution in [2.45, 2.75) is 39.7 Å². The molecule has 0 saturated carbocycles. The third kappa shape index (κ3) is 1.90. The number of amides is 1. The fourth-order valence-electron chi connectivity index (χ4n) is 1.72. The summed E-state index contributed by atoms with van der Waals surface area (Å²) in [6.45, 7) is 8.19. The highest BCUT2D eigenvalue weighted by atomic mass is 16.2. The lowest BCUT2D eigenvalue weighted by Gasteiger charge is -2.31. The average molecular weight is 183 g/mol. The highest BCUT2D eigenvalue weighted by Gasteiger charge is 2.39. The minimum absolute atomic E-state index is 0.000000000000000222. The molecule has 1 saturated heterocycles. The molecular formula is C10H17NO2. The lowest BCUT2D eigenvalue weighted by Crippen LogP contribution is -2.43. The van der Waals surface area contributed by atoms with E-state index in [0.717, 1.165) is 0 Å². The molecular weight excluding hydrogens is 166 g/mol. The van der Waals surface area contributed by atoms with Crippen molar-refractivity contribution in [2.75, 3.05) is 6.54 Å². The molecule has 3 nitrogen and oxygen atoms in total. The first-order chi connectivity index (χ1) is 5.84. The molecule has 1 aliphatic rings. The summed E-state index contributed by atoms with van der Waals surface area (Å²) in [4.78, 5) is 24.6. The molecule has 0 N–H and O–H groups in total. The van der Waals surface area contributed by atoms with Gasteiger partial charge in [-0.2, -0.15) is 0 Å². The van der Waals surface area contributed by atoms with Crippen LogP contribution < -0.4 is 0 Å². The molecule has 1 atom stereocenters. The maximum atomic E-state index is 11.7. The summed E-state index contributed by atoms with van der Waals surface area (Å²) in [6.07, 6.45) is 0.686. The molecule has 0 bridgehead atoms. The number of hydrogen-bond acceptors (Lipinski definition) is 2. The van der Waals surface area contributed by atoms with Crippen LogP contribution in [0.1, 0.15) is 34.1 Å². The number of carbonyl (C=O) groups is 2. The van der Waals surface area contributed by atoms with E-state index in [0.29, 0.717) is 13.0 Å². The maximum Gasteiger partial charge on any atom is 0.233 e. The zero-order chi connectivity index (χ0) is 10.2. The normalized spacial score (nSPS) is 23.8. The van der Waals surface area contributed by atoms with Crippen LogP contribution in [0.5, 0.6) is 0 Å². The van der Waals surface area contributed by atoms with Gasteiger partial charge in [-0.1, -0.05) is 0 Å². The van der Waals surface area contributed by atoms with Crippen LogP contribution in [0.2, 0.25) is 0 Å². The summed E-state index contributed by atoms with van der Waals surface area (Å²) in [7, 11) is 0. The van der Waals surface area contributed by atoms with Crippen molar-refractivity contribution in [3.63, 3.8) is 0 Å². The van der Waals surface area contributed by atoms with Gasteiger partial charge in [-0.05, 0) is 34.1 Å². The number of ketones is 1. The SMILES string of the molecule is CC(=O)C1CCN(C(C)(C)C)C1=O. The van der Waals surface area contributed by atoms with E-state index in [1.807, 2.05) is 20.8 Å². The molecule has 13 heavy (non-hydrogen) atoms. The third-order valence-electron chi connectivity index (χ3n) is 2.51. The van der Waals surface area contributed by atoms with Crippen LogP contribution in [-0.4, -0.2) is 28.7 Å². The number of rotatable bonds is 1. The predicted molar refractivity (Wildman–Crippen MR) is 50.3 cm³/mol. The first kappa shape index (κ1) is 10.2. The van der Waals surface area contributed by atoms with E-state index < -0.39 is 0 Å². The zero-order valence-electron chi connectivity index (χ0n) is 8.76. The average Bonchev–Trinajstić information content (AvgIpc) is 2.28.